The van der Waals surface area contributed by atoms with E-state index in [9.17, 15) is 24.3 Å². The number of phenols is 1. The second kappa shape index (κ2) is 16.0. The van der Waals surface area contributed by atoms with Crippen LogP contribution in [-0.4, -0.2) is 65.2 Å². The molecule has 3 amide bonds. The third-order valence-corrected chi connectivity index (χ3v) is 6.86. The lowest BCUT2D eigenvalue weighted by atomic mass is 9.95. The van der Waals surface area contributed by atoms with Gasteiger partial charge in [-0.3, -0.25) is 14.4 Å². The summed E-state index contributed by atoms with van der Waals surface area (Å²) in [6.45, 7) is 12.5. The van der Waals surface area contributed by atoms with Crippen LogP contribution in [0.1, 0.15) is 77.1 Å². The highest BCUT2D eigenvalue weighted by atomic mass is 16.6. The summed E-state index contributed by atoms with van der Waals surface area (Å²) in [5, 5.41) is 15.6. The summed E-state index contributed by atoms with van der Waals surface area (Å²) in [6, 6.07) is 11.2. The monoisotopic (exact) mass is 597 g/mol. The fourth-order valence-corrected chi connectivity index (χ4v) is 4.61. The molecule has 10 heteroatoms. The number of rotatable bonds is 13. The summed E-state index contributed by atoms with van der Waals surface area (Å²) in [5.41, 5.74) is 0.962. The number of aryl methyl sites for hydroxylation is 1. The van der Waals surface area contributed by atoms with Crippen LogP contribution in [0.3, 0.4) is 0 Å². The Bertz CT molecular complexity index is 1240. The summed E-state index contributed by atoms with van der Waals surface area (Å²) in [6.07, 6.45) is 0.742. The minimum Gasteiger partial charge on any atom is -0.508 e. The van der Waals surface area contributed by atoms with Crippen LogP contribution in [0.5, 0.6) is 5.75 Å². The molecule has 0 bridgehead atoms. The molecule has 3 N–H and O–H groups in total. The number of esters is 1. The van der Waals surface area contributed by atoms with Crippen molar-refractivity contribution in [3.63, 3.8) is 0 Å². The van der Waals surface area contributed by atoms with Gasteiger partial charge < -0.3 is 30.1 Å². The van der Waals surface area contributed by atoms with Crippen molar-refractivity contribution in [1.82, 2.24) is 15.5 Å². The van der Waals surface area contributed by atoms with Crippen molar-refractivity contribution >= 4 is 23.9 Å². The molecule has 0 radical (unpaired) electrons. The van der Waals surface area contributed by atoms with Gasteiger partial charge in [0.2, 0.25) is 11.8 Å². The zero-order valence-electron chi connectivity index (χ0n) is 26.6. The number of benzene rings is 2. The lowest BCUT2D eigenvalue weighted by Crippen LogP contribution is -2.56. The molecule has 0 aliphatic carbocycles. The number of aromatic hydroxyl groups is 1. The Kier molecular flexibility index (Phi) is 13.0. The standard InChI is InChI=1S/C33H47N3O7/c1-21(2)14-15-23(4)36(29(30(39)34-20-28(38)42-8)25-16-17-27(37)22(3)18-25)31(40)26(19-24-12-10-9-11-13-24)35-32(41)43-33(5,6)7/h9-13,16-18,21,23,26,29,37H,14-15,19-20H2,1-8H3,(H,34,39)(H,35,41). The van der Waals surface area contributed by atoms with Crippen molar-refractivity contribution in [2.24, 2.45) is 5.92 Å². The van der Waals surface area contributed by atoms with Crippen LogP contribution in [-0.2, 0) is 30.3 Å². The maximum Gasteiger partial charge on any atom is 0.408 e. The molecule has 0 aromatic heterocycles. The minimum absolute atomic E-state index is 0.0387. The summed E-state index contributed by atoms with van der Waals surface area (Å²) >= 11 is 0. The normalized spacial score (nSPS) is 13.4. The molecule has 0 aliphatic heterocycles. The fraction of sp³-hybridized carbons (Fsp3) is 0.515. The van der Waals surface area contributed by atoms with Gasteiger partial charge in [0.15, 0.2) is 0 Å². The van der Waals surface area contributed by atoms with E-state index in [1.165, 1.54) is 18.1 Å². The van der Waals surface area contributed by atoms with Crippen LogP contribution in [0.25, 0.3) is 0 Å². The molecule has 10 nitrogen and oxygen atoms in total. The second-order valence-electron chi connectivity index (χ2n) is 12.2. The van der Waals surface area contributed by atoms with Crippen molar-refractivity contribution < 1.29 is 33.8 Å². The summed E-state index contributed by atoms with van der Waals surface area (Å²) in [7, 11) is 1.22. The number of carbonyl (C=O) groups excluding carboxylic acids is 4. The topological polar surface area (TPSA) is 134 Å². The van der Waals surface area contributed by atoms with E-state index in [-0.39, 0.29) is 12.2 Å². The van der Waals surface area contributed by atoms with Crippen LogP contribution in [0.4, 0.5) is 4.79 Å². The molecule has 236 valence electrons. The molecular formula is C33H47N3O7. The van der Waals surface area contributed by atoms with Crippen LogP contribution in [0.2, 0.25) is 0 Å². The Morgan fingerprint density at radius 2 is 1.63 bits per heavy atom. The third kappa shape index (κ3) is 11.3. The molecule has 2 aromatic rings. The number of nitrogens with one attached hydrogen (secondary N) is 2. The van der Waals surface area contributed by atoms with Crippen molar-refractivity contribution in [2.75, 3.05) is 13.7 Å². The molecule has 43 heavy (non-hydrogen) atoms. The first-order valence-electron chi connectivity index (χ1n) is 14.6. The Labute approximate surface area is 255 Å². The van der Waals surface area contributed by atoms with Gasteiger partial charge >= 0.3 is 12.1 Å². The number of hydrogen-bond donors (Lipinski definition) is 3. The molecule has 0 heterocycles. The van der Waals surface area contributed by atoms with Crippen LogP contribution in [0.15, 0.2) is 48.5 Å². The Morgan fingerprint density at radius 1 is 0.977 bits per heavy atom. The summed E-state index contributed by atoms with van der Waals surface area (Å²) in [5.74, 6) is -1.36. The predicted molar refractivity (Wildman–Crippen MR) is 164 cm³/mol. The zero-order chi connectivity index (χ0) is 32.3. The summed E-state index contributed by atoms with van der Waals surface area (Å²) < 4.78 is 10.2. The molecule has 2 rings (SSSR count). The van der Waals surface area contributed by atoms with Gasteiger partial charge in [-0.15, -0.1) is 0 Å². The van der Waals surface area contributed by atoms with Crippen molar-refractivity contribution in [3.05, 3.63) is 65.2 Å². The average Bonchev–Trinajstić information content (AvgIpc) is 2.93. The maximum atomic E-state index is 14.6. The Hall–Kier alpha value is -4.08. The van der Waals surface area contributed by atoms with E-state index in [2.05, 4.69) is 24.5 Å². The zero-order valence-corrected chi connectivity index (χ0v) is 26.6. The maximum absolute atomic E-state index is 14.6. The van der Waals surface area contributed by atoms with Crippen LogP contribution in [0, 0.1) is 12.8 Å². The van der Waals surface area contributed by atoms with Gasteiger partial charge in [0.05, 0.1) is 7.11 Å². The lowest BCUT2D eigenvalue weighted by molar-refractivity contribution is -0.146. The van der Waals surface area contributed by atoms with Crippen molar-refractivity contribution in [3.8, 4) is 5.75 Å². The van der Waals surface area contributed by atoms with E-state index in [0.29, 0.717) is 23.5 Å². The predicted octanol–water partition coefficient (Wildman–Crippen LogP) is 4.82. The molecule has 2 aromatic carbocycles. The van der Waals surface area contributed by atoms with E-state index in [0.717, 1.165) is 12.0 Å². The molecule has 0 saturated carbocycles. The fourth-order valence-electron chi connectivity index (χ4n) is 4.61. The molecule has 3 atom stereocenters. The van der Waals surface area contributed by atoms with E-state index in [1.807, 2.05) is 37.3 Å². The number of nitrogens with zero attached hydrogens (tertiary/aromatic N) is 1. The smallest absolute Gasteiger partial charge is 0.408 e. The lowest BCUT2D eigenvalue weighted by Gasteiger charge is -2.39. The molecule has 0 aliphatic rings. The highest BCUT2D eigenvalue weighted by molar-refractivity contribution is 5.93. The van der Waals surface area contributed by atoms with Gasteiger partial charge in [0.25, 0.3) is 0 Å². The molecule has 3 unspecified atom stereocenters. The van der Waals surface area contributed by atoms with Gasteiger partial charge in [-0.05, 0) is 82.2 Å². The molecule has 0 spiro atoms. The molecular weight excluding hydrogens is 550 g/mol. The van der Waals surface area contributed by atoms with Crippen LogP contribution < -0.4 is 10.6 Å². The quantitative estimate of drug-likeness (QED) is 0.282. The number of amides is 3. The first kappa shape index (κ1) is 35.1. The third-order valence-electron chi connectivity index (χ3n) is 6.86. The molecule has 0 saturated heterocycles. The molecule has 0 fully saturated rings. The van der Waals surface area contributed by atoms with Crippen molar-refractivity contribution in [1.29, 1.82) is 0 Å². The number of alkyl carbamates (subject to hydrolysis) is 1. The van der Waals surface area contributed by atoms with E-state index < -0.39 is 54.1 Å². The van der Waals surface area contributed by atoms with E-state index in [4.69, 9.17) is 9.47 Å². The summed E-state index contributed by atoms with van der Waals surface area (Å²) in [4.78, 5) is 54.9. The Balaban J connectivity index is 2.67. The van der Waals surface area contributed by atoms with Crippen molar-refractivity contribution in [2.45, 2.75) is 91.5 Å². The largest absolute Gasteiger partial charge is 0.508 e. The number of ether oxygens (including phenoxy) is 2. The number of phenolic OH excluding ortho intramolecular Hbond substituents is 1. The van der Waals surface area contributed by atoms with E-state index >= 15 is 0 Å². The number of methoxy groups -OCH3 is 1. The minimum atomic E-state index is -1.18. The number of carbonyl (C=O) groups is 4. The highest BCUT2D eigenvalue weighted by Crippen LogP contribution is 2.30. The highest BCUT2D eigenvalue weighted by Gasteiger charge is 2.39. The first-order chi connectivity index (χ1) is 20.1. The first-order valence-corrected chi connectivity index (χ1v) is 14.6. The second-order valence-corrected chi connectivity index (χ2v) is 12.2. The Morgan fingerprint density at radius 3 is 2.19 bits per heavy atom. The van der Waals surface area contributed by atoms with Gasteiger partial charge in [-0.25, -0.2) is 4.79 Å². The van der Waals surface area contributed by atoms with E-state index in [1.54, 1.807) is 39.8 Å². The van der Waals surface area contributed by atoms with Gasteiger partial charge in [0.1, 0.15) is 30.0 Å². The SMILES string of the molecule is COC(=O)CNC(=O)C(c1ccc(O)c(C)c1)N(C(=O)C(Cc1ccccc1)NC(=O)OC(C)(C)C)C(C)CCC(C)C. The van der Waals surface area contributed by atoms with Gasteiger partial charge in [-0.1, -0.05) is 50.2 Å². The van der Waals surface area contributed by atoms with Crippen LogP contribution >= 0.6 is 0 Å². The average molecular weight is 598 g/mol. The number of hydrogen-bond acceptors (Lipinski definition) is 7. The van der Waals surface area contributed by atoms with Gasteiger partial charge in [-0.2, -0.15) is 0 Å². The van der Waals surface area contributed by atoms with Gasteiger partial charge in [0, 0.05) is 12.5 Å².